The molecular weight excluding hydrogens is 258 g/mol. The second-order valence-corrected chi connectivity index (χ2v) is 6.82. The van der Waals surface area contributed by atoms with Crippen molar-refractivity contribution in [3.05, 3.63) is 24.3 Å². The van der Waals surface area contributed by atoms with Crippen LogP contribution in [0.2, 0.25) is 0 Å². The number of hydrogen-bond acceptors (Lipinski definition) is 3. The first-order chi connectivity index (χ1) is 10.2. The number of anilines is 2. The Labute approximate surface area is 129 Å². The average Bonchev–Trinajstić information content (AvgIpc) is 2.53. The molecule has 3 rings (SSSR count). The van der Waals surface area contributed by atoms with Gasteiger partial charge in [0, 0.05) is 38.1 Å². The molecule has 0 bridgehead atoms. The van der Waals surface area contributed by atoms with Gasteiger partial charge in [-0.2, -0.15) is 0 Å². The molecule has 1 N–H and O–H groups in total. The molecule has 0 radical (unpaired) electrons. The third kappa shape index (κ3) is 3.52. The van der Waals surface area contributed by atoms with Crippen molar-refractivity contribution in [2.75, 3.05) is 43.9 Å². The first-order valence-corrected chi connectivity index (χ1v) is 8.49. The standard InChI is InChI=1S/C18H29N3/c1-20(2)17-10-8-16(9-11-17)19-14-15-6-5-13-21-12-4-3-7-18(15)21/h8-11,15,18-19H,3-7,12-14H2,1-2H3. The number of fused-ring (bicyclic) bond motifs is 1. The third-order valence-electron chi connectivity index (χ3n) is 5.18. The summed E-state index contributed by atoms with van der Waals surface area (Å²) in [5, 5.41) is 3.67. The summed E-state index contributed by atoms with van der Waals surface area (Å²) in [6.07, 6.45) is 7.01. The van der Waals surface area contributed by atoms with E-state index >= 15 is 0 Å². The van der Waals surface area contributed by atoms with Crippen LogP contribution in [0.25, 0.3) is 0 Å². The SMILES string of the molecule is CN(C)c1ccc(NCC2CCCN3CCCCC23)cc1. The molecule has 1 aromatic rings. The van der Waals surface area contributed by atoms with Gasteiger partial charge >= 0.3 is 0 Å². The molecule has 0 amide bonds. The van der Waals surface area contributed by atoms with Gasteiger partial charge in [0.1, 0.15) is 0 Å². The highest BCUT2D eigenvalue weighted by atomic mass is 15.2. The maximum absolute atomic E-state index is 3.67. The molecule has 0 aromatic heterocycles. The summed E-state index contributed by atoms with van der Waals surface area (Å²) in [7, 11) is 4.17. The summed E-state index contributed by atoms with van der Waals surface area (Å²) < 4.78 is 0. The number of benzene rings is 1. The highest BCUT2D eigenvalue weighted by Gasteiger charge is 2.32. The number of nitrogens with one attached hydrogen (secondary N) is 1. The fraction of sp³-hybridized carbons (Fsp3) is 0.667. The Kier molecular flexibility index (Phi) is 4.69. The van der Waals surface area contributed by atoms with Crippen molar-refractivity contribution in [3.63, 3.8) is 0 Å². The largest absolute Gasteiger partial charge is 0.385 e. The van der Waals surface area contributed by atoms with Crippen LogP contribution in [-0.4, -0.2) is 44.7 Å². The van der Waals surface area contributed by atoms with Crippen LogP contribution in [0.5, 0.6) is 0 Å². The fourth-order valence-electron chi connectivity index (χ4n) is 3.94. The molecule has 2 aliphatic rings. The summed E-state index contributed by atoms with van der Waals surface area (Å²) in [6, 6.07) is 9.63. The number of hydrogen-bond donors (Lipinski definition) is 1. The Bertz CT molecular complexity index is 438. The molecule has 3 nitrogen and oxygen atoms in total. The van der Waals surface area contributed by atoms with E-state index in [1.54, 1.807) is 0 Å². The zero-order chi connectivity index (χ0) is 14.7. The van der Waals surface area contributed by atoms with Crippen LogP contribution in [0.4, 0.5) is 11.4 Å². The minimum absolute atomic E-state index is 0.826. The number of rotatable bonds is 4. The van der Waals surface area contributed by atoms with E-state index in [-0.39, 0.29) is 0 Å². The molecule has 3 heteroatoms. The third-order valence-corrected chi connectivity index (χ3v) is 5.18. The highest BCUT2D eigenvalue weighted by Crippen LogP contribution is 2.31. The van der Waals surface area contributed by atoms with E-state index < -0.39 is 0 Å². The Balaban J connectivity index is 1.56. The highest BCUT2D eigenvalue weighted by molar-refractivity contribution is 5.54. The van der Waals surface area contributed by atoms with Crippen LogP contribution in [0.1, 0.15) is 32.1 Å². The van der Waals surface area contributed by atoms with Gasteiger partial charge in [-0.05, 0) is 69.0 Å². The molecule has 2 aliphatic heterocycles. The first kappa shape index (κ1) is 14.7. The zero-order valence-electron chi connectivity index (χ0n) is 13.5. The van der Waals surface area contributed by atoms with Gasteiger partial charge in [0.05, 0.1) is 0 Å². The molecule has 0 spiro atoms. The topological polar surface area (TPSA) is 18.5 Å². The summed E-state index contributed by atoms with van der Waals surface area (Å²) in [4.78, 5) is 4.89. The van der Waals surface area contributed by atoms with Crippen LogP contribution in [0, 0.1) is 5.92 Å². The summed E-state index contributed by atoms with van der Waals surface area (Å²) in [5.41, 5.74) is 2.52. The van der Waals surface area contributed by atoms with Crippen molar-refractivity contribution in [3.8, 4) is 0 Å². The summed E-state index contributed by atoms with van der Waals surface area (Å²) >= 11 is 0. The molecule has 2 saturated heterocycles. The van der Waals surface area contributed by atoms with Gasteiger partial charge in [-0.25, -0.2) is 0 Å². The lowest BCUT2D eigenvalue weighted by Crippen LogP contribution is -2.49. The molecule has 2 heterocycles. The van der Waals surface area contributed by atoms with Crippen LogP contribution >= 0.6 is 0 Å². The molecule has 116 valence electrons. The second kappa shape index (κ2) is 6.69. The Morgan fingerprint density at radius 1 is 1.05 bits per heavy atom. The van der Waals surface area contributed by atoms with E-state index in [0.717, 1.165) is 18.5 Å². The molecule has 21 heavy (non-hydrogen) atoms. The molecule has 2 atom stereocenters. The zero-order valence-corrected chi connectivity index (χ0v) is 13.5. The van der Waals surface area contributed by atoms with Crippen molar-refractivity contribution in [1.82, 2.24) is 4.90 Å². The lowest BCUT2D eigenvalue weighted by molar-refractivity contribution is 0.0649. The quantitative estimate of drug-likeness (QED) is 0.915. The van der Waals surface area contributed by atoms with Crippen LogP contribution < -0.4 is 10.2 Å². The van der Waals surface area contributed by atoms with Gasteiger partial charge in [0.25, 0.3) is 0 Å². The van der Waals surface area contributed by atoms with Crippen LogP contribution in [0.15, 0.2) is 24.3 Å². The van der Waals surface area contributed by atoms with E-state index in [2.05, 4.69) is 53.5 Å². The van der Waals surface area contributed by atoms with Crippen molar-refractivity contribution in [2.45, 2.75) is 38.1 Å². The van der Waals surface area contributed by atoms with Gasteiger partial charge in [-0.15, -0.1) is 0 Å². The first-order valence-electron chi connectivity index (χ1n) is 8.49. The lowest BCUT2D eigenvalue weighted by atomic mass is 9.83. The van der Waals surface area contributed by atoms with Crippen molar-refractivity contribution < 1.29 is 0 Å². The van der Waals surface area contributed by atoms with E-state index in [9.17, 15) is 0 Å². The van der Waals surface area contributed by atoms with Crippen molar-refractivity contribution >= 4 is 11.4 Å². The van der Waals surface area contributed by atoms with E-state index in [4.69, 9.17) is 0 Å². The fourth-order valence-corrected chi connectivity index (χ4v) is 3.94. The molecule has 2 fully saturated rings. The van der Waals surface area contributed by atoms with Crippen LogP contribution in [-0.2, 0) is 0 Å². The smallest absolute Gasteiger partial charge is 0.0362 e. The lowest BCUT2D eigenvalue weighted by Gasteiger charge is -2.44. The normalized spacial score (nSPS) is 26.2. The summed E-state index contributed by atoms with van der Waals surface area (Å²) in [5.74, 6) is 0.826. The maximum atomic E-state index is 3.67. The molecule has 1 aromatic carbocycles. The Morgan fingerprint density at radius 3 is 2.57 bits per heavy atom. The minimum Gasteiger partial charge on any atom is -0.385 e. The predicted octanol–water partition coefficient (Wildman–Crippen LogP) is 3.43. The second-order valence-electron chi connectivity index (χ2n) is 6.82. The van der Waals surface area contributed by atoms with E-state index in [1.807, 2.05) is 0 Å². The van der Waals surface area contributed by atoms with Crippen LogP contribution in [0.3, 0.4) is 0 Å². The average molecular weight is 287 g/mol. The van der Waals surface area contributed by atoms with Gasteiger partial charge < -0.3 is 15.1 Å². The van der Waals surface area contributed by atoms with Gasteiger partial charge in [0.2, 0.25) is 0 Å². The Hall–Kier alpha value is -1.22. The predicted molar refractivity (Wildman–Crippen MR) is 91.2 cm³/mol. The molecule has 2 unspecified atom stereocenters. The van der Waals surface area contributed by atoms with E-state index in [1.165, 1.54) is 56.6 Å². The van der Waals surface area contributed by atoms with E-state index in [0.29, 0.717) is 0 Å². The molecule has 0 aliphatic carbocycles. The van der Waals surface area contributed by atoms with Gasteiger partial charge in [-0.3, -0.25) is 0 Å². The Morgan fingerprint density at radius 2 is 1.81 bits per heavy atom. The van der Waals surface area contributed by atoms with Gasteiger partial charge in [0.15, 0.2) is 0 Å². The molecular formula is C18H29N3. The molecule has 0 saturated carbocycles. The summed E-state index contributed by atoms with van der Waals surface area (Å²) in [6.45, 7) is 3.79. The monoisotopic (exact) mass is 287 g/mol. The van der Waals surface area contributed by atoms with Crippen molar-refractivity contribution in [2.24, 2.45) is 5.92 Å². The minimum atomic E-state index is 0.826. The van der Waals surface area contributed by atoms with Gasteiger partial charge in [-0.1, -0.05) is 6.42 Å². The number of nitrogens with zero attached hydrogens (tertiary/aromatic N) is 2. The number of piperidine rings is 2. The van der Waals surface area contributed by atoms with Crippen molar-refractivity contribution in [1.29, 1.82) is 0 Å². The maximum Gasteiger partial charge on any atom is 0.0362 e.